The SMILES string of the molecule is Fc1ccc(Nc2cnnc(Nc3ccc(C(F)(F)F)cc3)n2)c(F)c1. The van der Waals surface area contributed by atoms with Crippen LogP contribution in [0.3, 0.4) is 0 Å². The highest BCUT2D eigenvalue weighted by molar-refractivity contribution is 5.59. The topological polar surface area (TPSA) is 62.7 Å². The number of hydrogen-bond donors (Lipinski definition) is 2. The molecule has 1 aromatic heterocycles. The molecule has 0 atom stereocenters. The van der Waals surface area contributed by atoms with Gasteiger partial charge in [0, 0.05) is 11.8 Å². The summed E-state index contributed by atoms with van der Waals surface area (Å²) in [5.74, 6) is -1.45. The Labute approximate surface area is 143 Å². The minimum atomic E-state index is -4.43. The van der Waals surface area contributed by atoms with Crippen molar-refractivity contribution in [3.63, 3.8) is 0 Å². The van der Waals surface area contributed by atoms with E-state index in [0.717, 1.165) is 18.2 Å². The van der Waals surface area contributed by atoms with E-state index in [0.29, 0.717) is 11.8 Å². The average molecular weight is 367 g/mol. The number of nitrogens with zero attached hydrogens (tertiary/aromatic N) is 3. The Bertz CT molecular complexity index is 912. The number of halogens is 5. The van der Waals surface area contributed by atoms with Crippen molar-refractivity contribution in [1.82, 2.24) is 15.2 Å². The molecule has 5 nitrogen and oxygen atoms in total. The standard InChI is InChI=1S/C16H10F5N5/c17-10-3-6-13(12(18)7-10)24-14-8-22-26-15(25-14)23-11-4-1-9(2-5-11)16(19,20)21/h1-8H,(H2,23,24,25,26). The predicted molar refractivity (Wildman–Crippen MR) is 84.2 cm³/mol. The maximum atomic E-state index is 13.6. The van der Waals surface area contributed by atoms with Crippen molar-refractivity contribution < 1.29 is 22.0 Å². The number of rotatable bonds is 4. The summed E-state index contributed by atoms with van der Waals surface area (Å²) >= 11 is 0. The first kappa shape index (κ1) is 17.5. The van der Waals surface area contributed by atoms with Gasteiger partial charge in [-0.05, 0) is 36.4 Å². The zero-order chi connectivity index (χ0) is 18.7. The molecule has 10 heteroatoms. The van der Waals surface area contributed by atoms with Gasteiger partial charge in [-0.1, -0.05) is 0 Å². The van der Waals surface area contributed by atoms with Gasteiger partial charge < -0.3 is 10.6 Å². The van der Waals surface area contributed by atoms with E-state index in [9.17, 15) is 22.0 Å². The molecule has 0 aliphatic rings. The lowest BCUT2D eigenvalue weighted by molar-refractivity contribution is -0.137. The molecule has 0 bridgehead atoms. The molecule has 0 aliphatic heterocycles. The molecule has 26 heavy (non-hydrogen) atoms. The van der Waals surface area contributed by atoms with E-state index in [-0.39, 0.29) is 17.5 Å². The minimum absolute atomic E-state index is 0.0164. The van der Waals surface area contributed by atoms with Crippen LogP contribution in [0, 0.1) is 11.6 Å². The summed E-state index contributed by atoms with van der Waals surface area (Å²) < 4.78 is 64.2. The van der Waals surface area contributed by atoms with Gasteiger partial charge in [0.05, 0.1) is 17.4 Å². The molecule has 0 spiro atoms. The molecule has 3 rings (SSSR count). The van der Waals surface area contributed by atoms with Crippen molar-refractivity contribution in [3.8, 4) is 0 Å². The largest absolute Gasteiger partial charge is 0.416 e. The van der Waals surface area contributed by atoms with Crippen LogP contribution in [0.25, 0.3) is 0 Å². The van der Waals surface area contributed by atoms with Crippen LogP contribution < -0.4 is 10.6 Å². The van der Waals surface area contributed by atoms with Crippen LogP contribution in [-0.2, 0) is 6.18 Å². The maximum Gasteiger partial charge on any atom is 0.416 e. The van der Waals surface area contributed by atoms with Crippen LogP contribution in [0.1, 0.15) is 5.56 Å². The Balaban J connectivity index is 1.75. The Morgan fingerprint density at radius 3 is 2.27 bits per heavy atom. The Kier molecular flexibility index (Phi) is 4.65. The number of anilines is 4. The van der Waals surface area contributed by atoms with Crippen LogP contribution in [0.4, 0.5) is 45.1 Å². The number of alkyl halides is 3. The van der Waals surface area contributed by atoms with E-state index in [1.807, 2.05) is 0 Å². The molecule has 134 valence electrons. The fraction of sp³-hybridized carbons (Fsp3) is 0.0625. The average Bonchev–Trinajstić information content (AvgIpc) is 2.57. The molecule has 2 aromatic carbocycles. The summed E-state index contributed by atoms with van der Waals surface area (Å²) in [4.78, 5) is 4.02. The molecule has 0 amide bonds. The number of aromatic nitrogens is 3. The molecule has 0 fully saturated rings. The van der Waals surface area contributed by atoms with E-state index in [2.05, 4.69) is 25.8 Å². The van der Waals surface area contributed by atoms with Crippen LogP contribution in [0.2, 0.25) is 0 Å². The molecule has 3 aromatic rings. The lowest BCUT2D eigenvalue weighted by atomic mass is 10.2. The smallest absolute Gasteiger partial charge is 0.336 e. The third-order valence-electron chi connectivity index (χ3n) is 3.22. The van der Waals surface area contributed by atoms with Gasteiger partial charge in [0.2, 0.25) is 5.95 Å². The van der Waals surface area contributed by atoms with Crippen molar-refractivity contribution in [3.05, 3.63) is 65.9 Å². The van der Waals surface area contributed by atoms with Gasteiger partial charge in [-0.3, -0.25) is 0 Å². The highest BCUT2D eigenvalue weighted by atomic mass is 19.4. The summed E-state index contributed by atoms with van der Waals surface area (Å²) in [5.41, 5.74) is -0.499. The second-order valence-electron chi connectivity index (χ2n) is 5.11. The molecule has 0 saturated heterocycles. The Morgan fingerprint density at radius 1 is 0.885 bits per heavy atom. The second-order valence-corrected chi connectivity index (χ2v) is 5.11. The van der Waals surface area contributed by atoms with E-state index in [4.69, 9.17) is 0 Å². The molecule has 0 saturated carbocycles. The van der Waals surface area contributed by atoms with Crippen LogP contribution >= 0.6 is 0 Å². The first-order valence-corrected chi connectivity index (χ1v) is 7.17. The molecule has 2 N–H and O–H groups in total. The lowest BCUT2D eigenvalue weighted by Gasteiger charge is -2.10. The van der Waals surface area contributed by atoms with Gasteiger partial charge in [0.1, 0.15) is 11.6 Å². The van der Waals surface area contributed by atoms with E-state index >= 15 is 0 Å². The van der Waals surface area contributed by atoms with Crippen molar-refractivity contribution in [1.29, 1.82) is 0 Å². The highest BCUT2D eigenvalue weighted by Gasteiger charge is 2.29. The first-order valence-electron chi connectivity index (χ1n) is 7.17. The van der Waals surface area contributed by atoms with E-state index in [1.165, 1.54) is 24.4 Å². The number of hydrogen-bond acceptors (Lipinski definition) is 5. The van der Waals surface area contributed by atoms with E-state index in [1.54, 1.807) is 0 Å². The molecule has 0 radical (unpaired) electrons. The van der Waals surface area contributed by atoms with Crippen LogP contribution in [-0.4, -0.2) is 15.2 Å². The van der Waals surface area contributed by atoms with Crippen molar-refractivity contribution >= 4 is 23.1 Å². The predicted octanol–water partition coefficient (Wildman–Crippen LogP) is 4.66. The lowest BCUT2D eigenvalue weighted by Crippen LogP contribution is -2.05. The summed E-state index contributed by atoms with van der Waals surface area (Å²) in [5, 5.41) is 12.7. The van der Waals surface area contributed by atoms with Crippen molar-refractivity contribution in [2.45, 2.75) is 6.18 Å². The van der Waals surface area contributed by atoms with E-state index < -0.39 is 23.4 Å². The normalized spacial score (nSPS) is 11.3. The monoisotopic (exact) mass is 367 g/mol. The Morgan fingerprint density at radius 2 is 1.62 bits per heavy atom. The summed E-state index contributed by atoms with van der Waals surface area (Å²) in [6, 6.07) is 7.21. The van der Waals surface area contributed by atoms with Gasteiger partial charge in [-0.15, -0.1) is 5.10 Å². The van der Waals surface area contributed by atoms with Gasteiger partial charge in [-0.2, -0.15) is 23.3 Å². The van der Waals surface area contributed by atoms with Gasteiger partial charge in [-0.25, -0.2) is 8.78 Å². The molecule has 0 unspecified atom stereocenters. The first-order chi connectivity index (χ1) is 12.3. The fourth-order valence-electron chi connectivity index (χ4n) is 2.02. The fourth-order valence-corrected chi connectivity index (χ4v) is 2.02. The third-order valence-corrected chi connectivity index (χ3v) is 3.22. The summed E-state index contributed by atoms with van der Waals surface area (Å²) in [6.07, 6.45) is -3.22. The summed E-state index contributed by atoms with van der Waals surface area (Å²) in [7, 11) is 0. The van der Waals surface area contributed by atoms with Gasteiger partial charge in [0.15, 0.2) is 5.82 Å². The molecular formula is C16H10F5N5. The molecular weight excluding hydrogens is 357 g/mol. The number of benzene rings is 2. The highest BCUT2D eigenvalue weighted by Crippen LogP contribution is 2.30. The van der Waals surface area contributed by atoms with Crippen LogP contribution in [0.5, 0.6) is 0 Å². The molecule has 1 heterocycles. The quantitative estimate of drug-likeness (QED) is 0.657. The van der Waals surface area contributed by atoms with Crippen molar-refractivity contribution in [2.75, 3.05) is 10.6 Å². The minimum Gasteiger partial charge on any atom is -0.336 e. The van der Waals surface area contributed by atoms with Gasteiger partial charge in [0.25, 0.3) is 0 Å². The summed E-state index contributed by atoms with van der Waals surface area (Å²) in [6.45, 7) is 0. The van der Waals surface area contributed by atoms with Crippen molar-refractivity contribution in [2.24, 2.45) is 0 Å². The maximum absolute atomic E-state index is 13.6. The van der Waals surface area contributed by atoms with Gasteiger partial charge >= 0.3 is 6.18 Å². The zero-order valence-electron chi connectivity index (χ0n) is 12.9. The zero-order valence-corrected chi connectivity index (χ0v) is 12.9. The second kappa shape index (κ2) is 6.90. The third kappa shape index (κ3) is 4.21. The number of nitrogens with one attached hydrogen (secondary N) is 2. The van der Waals surface area contributed by atoms with Crippen LogP contribution in [0.15, 0.2) is 48.7 Å². The Hall–Kier alpha value is -3.30. The molecule has 0 aliphatic carbocycles.